The van der Waals surface area contributed by atoms with Gasteiger partial charge in [-0.3, -0.25) is 9.13 Å². The topological polar surface area (TPSA) is 162 Å². The molecule has 0 bridgehead atoms. The molecule has 0 aliphatic carbocycles. The van der Waals surface area contributed by atoms with Crippen molar-refractivity contribution in [3.05, 3.63) is 18.7 Å². The van der Waals surface area contributed by atoms with Gasteiger partial charge in [-0.15, -0.1) is 0 Å². The molecule has 0 saturated heterocycles. The van der Waals surface area contributed by atoms with Crippen molar-refractivity contribution in [1.82, 2.24) is 9.55 Å². The van der Waals surface area contributed by atoms with Crippen LogP contribution in [0.5, 0.6) is 0 Å². The number of hydrogen-bond donors (Lipinski definition) is 5. The molecule has 116 valence electrons. The minimum atomic E-state index is -5.48. The Bertz CT molecular complexity index is 499. The van der Waals surface area contributed by atoms with Gasteiger partial charge in [0.05, 0.1) is 25.6 Å². The Morgan fingerprint density at radius 3 is 2.25 bits per heavy atom. The first-order valence-corrected chi connectivity index (χ1v) is 8.60. The van der Waals surface area contributed by atoms with Gasteiger partial charge >= 0.3 is 15.2 Å². The van der Waals surface area contributed by atoms with Crippen molar-refractivity contribution in [2.45, 2.75) is 18.0 Å². The zero-order chi connectivity index (χ0) is 15.6. The largest absolute Gasteiger partial charge is 0.375 e. The number of aromatic nitrogens is 2. The molecule has 12 heteroatoms. The van der Waals surface area contributed by atoms with E-state index in [0.29, 0.717) is 0 Å². The van der Waals surface area contributed by atoms with Gasteiger partial charge in [0.15, 0.2) is 0 Å². The molecule has 10 nitrogen and oxygen atoms in total. The van der Waals surface area contributed by atoms with Crippen LogP contribution in [-0.2, 0) is 13.9 Å². The maximum atomic E-state index is 11.1. The zero-order valence-electron chi connectivity index (χ0n) is 10.5. The van der Waals surface area contributed by atoms with E-state index in [1.165, 1.54) is 12.5 Å². The normalized spacial score (nSPS) is 15.3. The maximum absolute atomic E-state index is 11.1. The lowest BCUT2D eigenvalue weighted by molar-refractivity contribution is 0.0153. The van der Waals surface area contributed by atoms with Crippen LogP contribution < -0.4 is 0 Å². The van der Waals surface area contributed by atoms with E-state index in [-0.39, 0.29) is 12.6 Å². The van der Waals surface area contributed by atoms with E-state index in [2.05, 4.69) is 4.98 Å². The van der Waals surface area contributed by atoms with Crippen LogP contribution in [0.25, 0.3) is 0 Å². The summed E-state index contributed by atoms with van der Waals surface area (Å²) in [6.45, 7) is 0.370. The first-order chi connectivity index (χ1) is 8.99. The lowest BCUT2D eigenvalue weighted by atomic mass is 10.4. The van der Waals surface area contributed by atoms with Crippen molar-refractivity contribution >= 4 is 15.2 Å². The SMILES string of the molecule is CC(COCC(O)(P(=O)(O)O)P(=O)(O)O)n1ccnc1. The van der Waals surface area contributed by atoms with Gasteiger partial charge in [-0.05, 0) is 6.92 Å². The monoisotopic (exact) mass is 330 g/mol. The van der Waals surface area contributed by atoms with Crippen molar-refractivity contribution in [3.8, 4) is 0 Å². The van der Waals surface area contributed by atoms with Crippen LogP contribution in [0.1, 0.15) is 13.0 Å². The second-order valence-corrected chi connectivity index (χ2v) is 8.25. The number of ether oxygens (including phenoxy) is 1. The fraction of sp³-hybridized carbons (Fsp3) is 0.625. The average molecular weight is 330 g/mol. The average Bonchev–Trinajstić information content (AvgIpc) is 2.78. The van der Waals surface area contributed by atoms with E-state index >= 15 is 0 Å². The van der Waals surface area contributed by atoms with E-state index < -0.39 is 26.9 Å². The van der Waals surface area contributed by atoms with E-state index in [1.54, 1.807) is 17.7 Å². The first-order valence-electron chi connectivity index (χ1n) is 5.38. The molecular formula is C8H16N2O8P2. The van der Waals surface area contributed by atoms with E-state index in [4.69, 9.17) is 24.3 Å². The van der Waals surface area contributed by atoms with Crippen LogP contribution in [0.3, 0.4) is 0 Å². The van der Waals surface area contributed by atoms with Crippen molar-refractivity contribution in [3.63, 3.8) is 0 Å². The molecule has 1 atom stereocenters. The molecule has 1 heterocycles. The van der Waals surface area contributed by atoms with Crippen LogP contribution in [0.2, 0.25) is 0 Å². The smallest absolute Gasteiger partial charge is 0.371 e. The van der Waals surface area contributed by atoms with E-state index in [0.717, 1.165) is 0 Å². The molecule has 0 aliphatic rings. The predicted molar refractivity (Wildman–Crippen MR) is 66.8 cm³/mol. The minimum Gasteiger partial charge on any atom is -0.375 e. The number of rotatable bonds is 7. The van der Waals surface area contributed by atoms with Crippen LogP contribution in [0.15, 0.2) is 18.7 Å². The summed E-state index contributed by atoms with van der Waals surface area (Å²) in [5.41, 5.74) is 0. The second kappa shape index (κ2) is 6.05. The molecule has 1 unspecified atom stereocenters. The zero-order valence-corrected chi connectivity index (χ0v) is 12.3. The lowest BCUT2D eigenvalue weighted by Crippen LogP contribution is -2.35. The van der Waals surface area contributed by atoms with Crippen molar-refractivity contribution in [2.24, 2.45) is 0 Å². The van der Waals surface area contributed by atoms with Crippen LogP contribution in [0.4, 0.5) is 0 Å². The summed E-state index contributed by atoms with van der Waals surface area (Å²) in [5, 5.41) is 6.01. The molecule has 0 radical (unpaired) electrons. The molecular weight excluding hydrogens is 314 g/mol. The molecule has 0 spiro atoms. The molecule has 20 heavy (non-hydrogen) atoms. The summed E-state index contributed by atoms with van der Waals surface area (Å²) < 4.78 is 28.6. The fourth-order valence-corrected chi connectivity index (χ4v) is 3.20. The fourth-order valence-electron chi connectivity index (χ4n) is 1.32. The van der Waals surface area contributed by atoms with Gasteiger partial charge in [0.1, 0.15) is 0 Å². The second-order valence-electron chi connectivity index (χ2n) is 4.24. The van der Waals surface area contributed by atoms with Gasteiger partial charge in [0.2, 0.25) is 0 Å². The number of nitrogens with zero attached hydrogens (tertiary/aromatic N) is 2. The number of aliphatic hydroxyl groups is 1. The summed E-state index contributed by atoms with van der Waals surface area (Å²) in [4.78, 5) is 39.4. The third-order valence-corrected chi connectivity index (χ3v) is 6.31. The predicted octanol–water partition coefficient (Wildman–Crippen LogP) is -0.538. The summed E-state index contributed by atoms with van der Waals surface area (Å²) >= 11 is 0. The number of imidazole rings is 1. The standard InChI is InChI=1S/C8H16N2O8P2/c1-7(10-3-2-9-6-10)4-18-5-8(11,19(12,13)14)20(15,16)17/h2-3,6-7,11H,4-5H2,1H3,(H2,12,13,14)(H2,15,16,17). The summed E-state index contributed by atoms with van der Waals surface area (Å²) in [6, 6.07) is -0.296. The van der Waals surface area contributed by atoms with Crippen molar-refractivity contribution in [2.75, 3.05) is 13.2 Å². The Labute approximate surface area is 114 Å². The Morgan fingerprint density at radius 2 is 1.85 bits per heavy atom. The highest BCUT2D eigenvalue weighted by Crippen LogP contribution is 2.67. The highest BCUT2D eigenvalue weighted by molar-refractivity contribution is 7.72. The van der Waals surface area contributed by atoms with Crippen LogP contribution >= 0.6 is 15.2 Å². The molecule has 1 aromatic heterocycles. The third-order valence-electron chi connectivity index (χ3n) is 2.62. The molecule has 0 amide bonds. The minimum absolute atomic E-state index is 0.126. The molecule has 5 N–H and O–H groups in total. The van der Waals surface area contributed by atoms with E-state index in [9.17, 15) is 14.2 Å². The van der Waals surface area contributed by atoms with Crippen molar-refractivity contribution < 1.29 is 38.5 Å². The summed E-state index contributed by atoms with van der Waals surface area (Å²) in [7, 11) is -11.0. The van der Waals surface area contributed by atoms with Gasteiger partial charge in [0, 0.05) is 12.4 Å². The Kier molecular flexibility index (Phi) is 5.29. The van der Waals surface area contributed by atoms with Gasteiger partial charge in [-0.2, -0.15) is 0 Å². The Hall–Kier alpha value is -0.570. The molecule has 0 saturated carbocycles. The van der Waals surface area contributed by atoms with Gasteiger partial charge < -0.3 is 34.0 Å². The van der Waals surface area contributed by atoms with Gasteiger partial charge in [0.25, 0.3) is 5.08 Å². The Balaban J connectivity index is 2.70. The van der Waals surface area contributed by atoms with Gasteiger partial charge in [-0.1, -0.05) is 0 Å². The molecule has 0 aromatic carbocycles. The lowest BCUT2D eigenvalue weighted by Gasteiger charge is -2.29. The highest BCUT2D eigenvalue weighted by Gasteiger charge is 2.59. The molecule has 0 fully saturated rings. The third kappa shape index (κ3) is 3.75. The van der Waals surface area contributed by atoms with Crippen molar-refractivity contribution in [1.29, 1.82) is 0 Å². The molecule has 1 aromatic rings. The molecule has 1 rings (SSSR count). The van der Waals surface area contributed by atoms with Gasteiger partial charge in [-0.25, -0.2) is 4.98 Å². The van der Waals surface area contributed by atoms with Crippen LogP contribution in [-0.4, -0.2) is 52.5 Å². The maximum Gasteiger partial charge on any atom is 0.371 e. The van der Waals surface area contributed by atoms with Crippen LogP contribution in [0, 0.1) is 0 Å². The number of hydrogen-bond acceptors (Lipinski definition) is 5. The molecule has 0 aliphatic heterocycles. The highest BCUT2D eigenvalue weighted by atomic mass is 31.2. The first kappa shape index (κ1) is 17.5. The quantitative estimate of drug-likeness (QED) is 0.413. The van der Waals surface area contributed by atoms with E-state index in [1.807, 2.05) is 0 Å². The summed E-state index contributed by atoms with van der Waals surface area (Å²) in [6.07, 6.45) is 4.61. The Morgan fingerprint density at radius 1 is 1.30 bits per heavy atom. The summed E-state index contributed by atoms with van der Waals surface area (Å²) in [5.74, 6) is 0.